The Bertz CT molecular complexity index is 518. The number of fused-ring (bicyclic) bond motifs is 1. The van der Waals surface area contributed by atoms with Crippen molar-refractivity contribution in [3.05, 3.63) is 36.9 Å². The van der Waals surface area contributed by atoms with Gasteiger partial charge >= 0.3 is 6.09 Å². The molecule has 1 unspecified atom stereocenters. The Labute approximate surface area is 115 Å². The molecule has 5 nitrogen and oxygen atoms in total. The molecule has 0 aliphatic carbocycles. The fourth-order valence-corrected chi connectivity index (χ4v) is 3.00. The molecule has 2 N–H and O–H groups in total. The first-order chi connectivity index (χ1) is 9.13. The number of hydrogen-bond donors (Lipinski definition) is 2. The molecule has 0 spiro atoms. The van der Waals surface area contributed by atoms with E-state index in [0.717, 1.165) is 10.6 Å². The van der Waals surface area contributed by atoms with Crippen molar-refractivity contribution in [3.8, 4) is 0 Å². The highest BCUT2D eigenvalue weighted by Crippen LogP contribution is 2.34. The Morgan fingerprint density at radius 3 is 3.00 bits per heavy atom. The number of benzene rings is 1. The Balaban J connectivity index is 2.36. The number of carbonyl (C=O) groups excluding carboxylic acids is 1. The summed E-state index contributed by atoms with van der Waals surface area (Å²) in [5.74, 6) is 0.134. The van der Waals surface area contributed by atoms with Crippen LogP contribution in [0.2, 0.25) is 0 Å². The third-order valence-corrected chi connectivity index (χ3v) is 3.89. The van der Waals surface area contributed by atoms with Crippen LogP contribution in [0.1, 0.15) is 0 Å². The van der Waals surface area contributed by atoms with Crippen LogP contribution < -0.4 is 10.2 Å². The summed E-state index contributed by atoms with van der Waals surface area (Å²) in [7, 11) is 0. The Hall–Kier alpha value is -1.95. The molecule has 100 valence electrons. The Morgan fingerprint density at radius 2 is 2.32 bits per heavy atom. The predicted molar refractivity (Wildman–Crippen MR) is 74.7 cm³/mol. The lowest BCUT2D eigenvalue weighted by Crippen LogP contribution is -2.49. The van der Waals surface area contributed by atoms with Gasteiger partial charge in [-0.15, -0.1) is 18.3 Å². The number of carbonyl (C=O) groups is 2. The highest BCUT2D eigenvalue weighted by molar-refractivity contribution is 7.99. The average molecular weight is 278 g/mol. The molecule has 0 fully saturated rings. The Kier molecular flexibility index (Phi) is 4.11. The van der Waals surface area contributed by atoms with Crippen LogP contribution in [-0.2, 0) is 4.79 Å². The van der Waals surface area contributed by atoms with Gasteiger partial charge in [-0.2, -0.15) is 0 Å². The molecule has 0 bridgehead atoms. The van der Waals surface area contributed by atoms with Gasteiger partial charge in [0.25, 0.3) is 5.91 Å². The highest BCUT2D eigenvalue weighted by atomic mass is 32.2. The maximum atomic E-state index is 12.4. The Morgan fingerprint density at radius 1 is 1.58 bits per heavy atom. The number of anilines is 1. The van der Waals surface area contributed by atoms with Gasteiger partial charge in [-0.1, -0.05) is 18.2 Å². The number of rotatable bonds is 3. The summed E-state index contributed by atoms with van der Waals surface area (Å²) in [4.78, 5) is 25.6. The van der Waals surface area contributed by atoms with Crippen LogP contribution in [0.4, 0.5) is 10.5 Å². The summed E-state index contributed by atoms with van der Waals surface area (Å²) < 4.78 is 0. The van der Waals surface area contributed by atoms with Crippen LogP contribution in [0.5, 0.6) is 0 Å². The molecule has 2 amide bonds. The van der Waals surface area contributed by atoms with Crippen molar-refractivity contribution >= 4 is 29.4 Å². The second-order valence-corrected chi connectivity index (χ2v) is 5.08. The third-order valence-electron chi connectivity index (χ3n) is 2.74. The number of para-hydroxylation sites is 1. The van der Waals surface area contributed by atoms with Gasteiger partial charge in [0.05, 0.1) is 5.69 Å². The van der Waals surface area contributed by atoms with Gasteiger partial charge in [-0.25, -0.2) is 4.79 Å². The number of carboxylic acid groups (broad SMARTS) is 1. The van der Waals surface area contributed by atoms with Crippen molar-refractivity contribution in [2.75, 3.05) is 17.2 Å². The maximum absolute atomic E-state index is 12.4. The van der Waals surface area contributed by atoms with E-state index >= 15 is 0 Å². The van der Waals surface area contributed by atoms with Crippen LogP contribution in [0.15, 0.2) is 41.8 Å². The van der Waals surface area contributed by atoms with Crippen molar-refractivity contribution in [2.24, 2.45) is 0 Å². The highest BCUT2D eigenvalue weighted by Gasteiger charge is 2.30. The van der Waals surface area contributed by atoms with Gasteiger partial charge in [0, 0.05) is 17.2 Å². The maximum Gasteiger partial charge on any atom is 0.405 e. The first kappa shape index (κ1) is 13.5. The molecule has 1 aliphatic heterocycles. The van der Waals surface area contributed by atoms with E-state index in [0.29, 0.717) is 12.3 Å². The van der Waals surface area contributed by atoms with Gasteiger partial charge in [0.2, 0.25) is 0 Å². The van der Waals surface area contributed by atoms with Crippen molar-refractivity contribution in [3.63, 3.8) is 0 Å². The minimum atomic E-state index is -1.19. The minimum Gasteiger partial charge on any atom is -0.465 e. The lowest BCUT2D eigenvalue weighted by atomic mass is 10.2. The fourth-order valence-electron chi connectivity index (χ4n) is 1.92. The summed E-state index contributed by atoms with van der Waals surface area (Å²) in [5, 5.41) is 11.1. The van der Waals surface area contributed by atoms with Crippen molar-refractivity contribution in [2.45, 2.75) is 10.9 Å². The first-order valence-electron chi connectivity index (χ1n) is 5.77. The third kappa shape index (κ3) is 2.90. The van der Waals surface area contributed by atoms with Gasteiger partial charge in [-0.05, 0) is 12.1 Å². The first-order valence-corrected chi connectivity index (χ1v) is 6.75. The molecular formula is C13H14N2O3S. The normalized spacial score (nSPS) is 18.4. The van der Waals surface area contributed by atoms with Gasteiger partial charge < -0.3 is 15.3 Å². The molecule has 1 atom stereocenters. The summed E-state index contributed by atoms with van der Waals surface area (Å²) in [5.41, 5.74) is 0.798. The molecule has 0 saturated heterocycles. The molecule has 0 radical (unpaired) electrons. The molecular weight excluding hydrogens is 264 g/mol. The molecule has 0 saturated carbocycles. The SMILES string of the molecule is C=CCN1C(=O)C(NC(=O)O)CSc2ccccc21. The van der Waals surface area contributed by atoms with E-state index in [1.165, 1.54) is 11.8 Å². The van der Waals surface area contributed by atoms with E-state index < -0.39 is 12.1 Å². The number of thioether (sulfide) groups is 1. The molecule has 2 rings (SSSR count). The number of amides is 2. The molecule has 6 heteroatoms. The molecule has 1 aromatic rings. The number of nitrogens with one attached hydrogen (secondary N) is 1. The van der Waals surface area contributed by atoms with E-state index in [9.17, 15) is 9.59 Å². The van der Waals surface area contributed by atoms with Crippen LogP contribution >= 0.6 is 11.8 Å². The molecule has 0 aromatic heterocycles. The summed E-state index contributed by atoms with van der Waals surface area (Å²) in [6.07, 6.45) is 0.436. The summed E-state index contributed by atoms with van der Waals surface area (Å²) in [6.45, 7) is 4.00. The fraction of sp³-hybridized carbons (Fsp3) is 0.231. The van der Waals surface area contributed by atoms with Crippen LogP contribution in [-0.4, -0.2) is 35.4 Å². The quantitative estimate of drug-likeness (QED) is 0.829. The molecule has 1 aromatic carbocycles. The van der Waals surface area contributed by atoms with Crippen LogP contribution in [0, 0.1) is 0 Å². The second kappa shape index (κ2) is 5.79. The van der Waals surface area contributed by atoms with Gasteiger partial charge in [0.1, 0.15) is 6.04 Å². The van der Waals surface area contributed by atoms with E-state index in [4.69, 9.17) is 5.11 Å². The van der Waals surface area contributed by atoms with Crippen LogP contribution in [0.25, 0.3) is 0 Å². The second-order valence-electron chi connectivity index (χ2n) is 4.02. The molecule has 19 heavy (non-hydrogen) atoms. The van der Waals surface area contributed by atoms with Gasteiger partial charge in [-0.3, -0.25) is 4.79 Å². The standard InChI is InChI=1S/C13H14N2O3S/c1-2-7-15-10-5-3-4-6-11(10)19-8-9(12(15)16)14-13(17)18/h2-6,9,14H,1,7-8H2,(H,17,18). The van der Waals surface area contributed by atoms with E-state index in [1.807, 2.05) is 24.3 Å². The zero-order valence-corrected chi connectivity index (χ0v) is 11.0. The lowest BCUT2D eigenvalue weighted by molar-refractivity contribution is -0.119. The largest absolute Gasteiger partial charge is 0.465 e. The zero-order valence-electron chi connectivity index (χ0n) is 10.2. The van der Waals surface area contributed by atoms with Crippen molar-refractivity contribution < 1.29 is 14.7 Å². The predicted octanol–water partition coefficient (Wildman–Crippen LogP) is 1.95. The van der Waals surface area contributed by atoms with Crippen molar-refractivity contribution in [1.29, 1.82) is 0 Å². The monoisotopic (exact) mass is 278 g/mol. The topological polar surface area (TPSA) is 69.6 Å². The average Bonchev–Trinajstić information content (AvgIpc) is 2.51. The zero-order chi connectivity index (χ0) is 13.8. The van der Waals surface area contributed by atoms with E-state index in [2.05, 4.69) is 11.9 Å². The smallest absolute Gasteiger partial charge is 0.405 e. The summed E-state index contributed by atoms with van der Waals surface area (Å²) in [6, 6.07) is 6.79. The van der Waals surface area contributed by atoms with Crippen molar-refractivity contribution in [1.82, 2.24) is 5.32 Å². The van der Waals surface area contributed by atoms with Gasteiger partial charge in [0.15, 0.2) is 0 Å². The number of hydrogen-bond acceptors (Lipinski definition) is 3. The van der Waals surface area contributed by atoms with E-state index in [1.54, 1.807) is 11.0 Å². The minimum absolute atomic E-state index is 0.250. The molecule has 1 heterocycles. The number of nitrogens with zero attached hydrogens (tertiary/aromatic N) is 1. The van der Waals surface area contributed by atoms with Crippen LogP contribution in [0.3, 0.4) is 0 Å². The molecule has 1 aliphatic rings. The lowest BCUT2D eigenvalue weighted by Gasteiger charge is -2.23. The van der Waals surface area contributed by atoms with E-state index in [-0.39, 0.29) is 5.91 Å². The summed E-state index contributed by atoms with van der Waals surface area (Å²) >= 11 is 1.47.